The monoisotopic (exact) mass is 339 g/mol. The van der Waals surface area contributed by atoms with Crippen molar-refractivity contribution in [2.45, 2.75) is 51.6 Å². The van der Waals surface area contributed by atoms with Crippen molar-refractivity contribution in [2.24, 2.45) is 0 Å². The van der Waals surface area contributed by atoms with Gasteiger partial charge in [-0.2, -0.15) is 9.78 Å². The number of hydrogen-bond donors (Lipinski definition) is 3. The van der Waals surface area contributed by atoms with Crippen molar-refractivity contribution in [3.8, 4) is 0 Å². The maximum Gasteiger partial charge on any atom is 0.256 e. The Morgan fingerprint density at radius 2 is 2.20 bits per heavy atom. The van der Waals surface area contributed by atoms with Gasteiger partial charge in [0, 0.05) is 29.9 Å². The van der Waals surface area contributed by atoms with Crippen LogP contribution in [0.25, 0.3) is 0 Å². The molecule has 6 nitrogen and oxygen atoms in total. The predicted molar refractivity (Wildman–Crippen MR) is 98.9 cm³/mol. The number of fused-ring (bicyclic) bond motifs is 2. The van der Waals surface area contributed by atoms with Crippen LogP contribution in [0.15, 0.2) is 18.2 Å². The number of hydrogen-bond acceptors (Lipinski definition) is 5. The lowest BCUT2D eigenvalue weighted by molar-refractivity contribution is 0.0859. The lowest BCUT2D eigenvalue weighted by Crippen LogP contribution is -2.44. The van der Waals surface area contributed by atoms with E-state index in [1.165, 1.54) is 4.68 Å². The van der Waals surface area contributed by atoms with E-state index in [1.54, 1.807) is 0 Å². The van der Waals surface area contributed by atoms with Gasteiger partial charge in [-0.05, 0) is 44.7 Å². The minimum Gasteiger partial charge on any atom is -0.385 e. The molecule has 0 spiro atoms. The highest BCUT2D eigenvalue weighted by Gasteiger charge is 2.34. The molecule has 0 fully saturated rings. The van der Waals surface area contributed by atoms with Crippen LogP contribution in [0.4, 0.5) is 11.5 Å². The zero-order valence-electron chi connectivity index (χ0n) is 15.0. The van der Waals surface area contributed by atoms with Crippen LogP contribution in [0.3, 0.4) is 0 Å². The second-order valence-electron chi connectivity index (χ2n) is 7.78. The van der Waals surface area contributed by atoms with Crippen LogP contribution in [0, 0.1) is 6.92 Å². The quantitative estimate of drug-likeness (QED) is 0.743. The molecule has 1 aromatic carbocycles. The predicted octanol–water partition coefficient (Wildman–Crippen LogP) is 2.44. The van der Waals surface area contributed by atoms with Gasteiger partial charge in [-0.1, -0.05) is 18.2 Å². The molecule has 0 amide bonds. The first kappa shape index (κ1) is 16.1. The number of anilines is 2. The minimum atomic E-state index is -0.208. The molecule has 132 valence electrons. The van der Waals surface area contributed by atoms with Crippen molar-refractivity contribution in [1.82, 2.24) is 15.1 Å². The van der Waals surface area contributed by atoms with Crippen LogP contribution in [0.5, 0.6) is 0 Å². The van der Waals surface area contributed by atoms with Crippen molar-refractivity contribution >= 4 is 17.4 Å². The fourth-order valence-corrected chi connectivity index (χ4v) is 3.96. The summed E-state index contributed by atoms with van der Waals surface area (Å²) in [6.07, 6.45) is 1.53. The summed E-state index contributed by atoms with van der Waals surface area (Å²) in [5.74, 6) is 0.265. The molecule has 0 saturated carbocycles. The zero-order chi connectivity index (χ0) is 17.8. The third kappa shape index (κ3) is 2.61. The van der Waals surface area contributed by atoms with E-state index >= 15 is 0 Å². The summed E-state index contributed by atoms with van der Waals surface area (Å²) >= 11 is 0. The van der Waals surface area contributed by atoms with Crippen LogP contribution in [0.1, 0.15) is 53.4 Å². The summed E-state index contributed by atoms with van der Waals surface area (Å²) in [5, 5.41) is 11.4. The molecule has 0 aliphatic carbocycles. The highest BCUT2D eigenvalue weighted by molar-refractivity contribution is 5.90. The van der Waals surface area contributed by atoms with Crippen molar-refractivity contribution in [3.63, 3.8) is 0 Å². The van der Waals surface area contributed by atoms with Gasteiger partial charge < -0.3 is 16.4 Å². The van der Waals surface area contributed by atoms with Crippen molar-refractivity contribution in [2.75, 3.05) is 17.6 Å². The normalized spacial score (nSPS) is 21.2. The number of nitrogens with two attached hydrogens (primary N) is 1. The summed E-state index contributed by atoms with van der Waals surface area (Å²) in [4.78, 5) is 13.2. The minimum absolute atomic E-state index is 0.0296. The number of benzene rings is 1. The van der Waals surface area contributed by atoms with Gasteiger partial charge in [-0.3, -0.25) is 4.79 Å². The Kier molecular flexibility index (Phi) is 3.61. The molecule has 2 aliphatic heterocycles. The Morgan fingerprint density at radius 3 is 3.00 bits per heavy atom. The van der Waals surface area contributed by atoms with E-state index in [9.17, 15) is 4.79 Å². The first-order chi connectivity index (χ1) is 11.9. The molecule has 3 heterocycles. The number of para-hydroxylation sites is 1. The number of aryl methyl sites for hydroxylation is 1. The lowest BCUT2D eigenvalue weighted by atomic mass is 9.88. The smallest absolute Gasteiger partial charge is 0.256 e. The molecule has 1 unspecified atom stereocenters. The van der Waals surface area contributed by atoms with Crippen LogP contribution in [-0.2, 0) is 13.0 Å². The van der Waals surface area contributed by atoms with E-state index in [0.29, 0.717) is 12.4 Å². The molecule has 0 saturated heterocycles. The number of aromatic nitrogens is 2. The average Bonchev–Trinajstić information content (AvgIpc) is 2.90. The van der Waals surface area contributed by atoms with E-state index < -0.39 is 0 Å². The molecule has 1 atom stereocenters. The zero-order valence-corrected chi connectivity index (χ0v) is 15.0. The van der Waals surface area contributed by atoms with Crippen molar-refractivity contribution < 1.29 is 4.79 Å². The molecule has 2 aromatic rings. The van der Waals surface area contributed by atoms with Gasteiger partial charge >= 0.3 is 0 Å². The van der Waals surface area contributed by atoms with Crippen molar-refractivity contribution in [1.29, 1.82) is 0 Å². The van der Waals surface area contributed by atoms with Gasteiger partial charge in [-0.15, -0.1) is 0 Å². The van der Waals surface area contributed by atoms with Gasteiger partial charge in [0.1, 0.15) is 5.82 Å². The van der Waals surface area contributed by atoms with Crippen LogP contribution in [-0.4, -0.2) is 27.8 Å². The van der Waals surface area contributed by atoms with E-state index in [4.69, 9.17) is 5.73 Å². The summed E-state index contributed by atoms with van der Waals surface area (Å²) in [6.45, 7) is 7.77. The highest BCUT2D eigenvalue weighted by atomic mass is 16.2. The second-order valence-corrected chi connectivity index (χ2v) is 7.78. The Labute approximate surface area is 147 Å². The Bertz CT molecular complexity index is 852. The molecule has 4 rings (SSSR count). The SMILES string of the molecule is Cc1cccc2c1NCCC2C(=O)n1nc2c(c1N)CC(C)(C)NC2. The number of nitrogen functional groups attached to an aromatic ring is 1. The van der Waals surface area contributed by atoms with Crippen molar-refractivity contribution in [3.05, 3.63) is 40.6 Å². The first-order valence-corrected chi connectivity index (χ1v) is 8.86. The molecule has 1 aromatic heterocycles. The van der Waals surface area contributed by atoms with Crippen LogP contribution in [0.2, 0.25) is 0 Å². The van der Waals surface area contributed by atoms with Gasteiger partial charge in [0.15, 0.2) is 0 Å². The molecule has 0 bridgehead atoms. The summed E-state index contributed by atoms with van der Waals surface area (Å²) < 4.78 is 1.44. The number of nitrogens with one attached hydrogen (secondary N) is 2. The topological polar surface area (TPSA) is 85.0 Å². The highest BCUT2D eigenvalue weighted by Crippen LogP contribution is 2.36. The van der Waals surface area contributed by atoms with Crippen LogP contribution < -0.4 is 16.4 Å². The standard InChI is InChI=1S/C19H25N5O/c1-11-5-4-6-12-13(7-8-21-16(11)12)18(25)24-17(20)14-9-19(2,3)22-10-15(14)23-24/h4-6,13,21-22H,7-10,20H2,1-3H3. The number of rotatable bonds is 1. The summed E-state index contributed by atoms with van der Waals surface area (Å²) in [5.41, 5.74) is 11.5. The van der Waals surface area contributed by atoms with Crippen LogP contribution >= 0.6 is 0 Å². The third-order valence-electron chi connectivity index (χ3n) is 5.38. The van der Waals surface area contributed by atoms with E-state index in [1.807, 2.05) is 12.1 Å². The summed E-state index contributed by atoms with van der Waals surface area (Å²) in [7, 11) is 0. The summed E-state index contributed by atoms with van der Waals surface area (Å²) in [6, 6.07) is 6.10. The molecule has 4 N–H and O–H groups in total. The maximum atomic E-state index is 13.2. The molecular formula is C19H25N5O. The second kappa shape index (κ2) is 5.59. The van der Waals surface area contributed by atoms with Gasteiger partial charge in [0.25, 0.3) is 5.91 Å². The Morgan fingerprint density at radius 1 is 1.40 bits per heavy atom. The van der Waals surface area contributed by atoms with Gasteiger partial charge in [0.2, 0.25) is 0 Å². The third-order valence-corrected chi connectivity index (χ3v) is 5.38. The lowest BCUT2D eigenvalue weighted by Gasteiger charge is -2.30. The molecule has 25 heavy (non-hydrogen) atoms. The van der Waals surface area contributed by atoms with E-state index in [-0.39, 0.29) is 17.4 Å². The molecule has 0 radical (unpaired) electrons. The average molecular weight is 339 g/mol. The fraction of sp³-hybridized carbons (Fsp3) is 0.474. The number of nitrogens with zero attached hydrogens (tertiary/aromatic N) is 2. The molecule has 2 aliphatic rings. The number of carbonyl (C=O) groups excluding carboxylic acids is 1. The van der Waals surface area contributed by atoms with Gasteiger partial charge in [-0.25, -0.2) is 0 Å². The Hall–Kier alpha value is -2.34. The molecular weight excluding hydrogens is 314 g/mol. The molecule has 6 heteroatoms. The number of carbonyl (C=O) groups is 1. The first-order valence-electron chi connectivity index (χ1n) is 8.86. The maximum absolute atomic E-state index is 13.2. The van der Waals surface area contributed by atoms with Gasteiger partial charge in [0.05, 0.1) is 11.6 Å². The Balaban J connectivity index is 1.72. The van der Waals surface area contributed by atoms with E-state index in [0.717, 1.165) is 47.5 Å². The van der Waals surface area contributed by atoms with E-state index in [2.05, 4.69) is 42.6 Å². The largest absolute Gasteiger partial charge is 0.385 e. The fourth-order valence-electron chi connectivity index (χ4n) is 3.96.